The van der Waals surface area contributed by atoms with E-state index in [2.05, 4.69) is 20.6 Å². The van der Waals surface area contributed by atoms with Crippen LogP contribution in [0.5, 0.6) is 5.88 Å². The van der Waals surface area contributed by atoms with Gasteiger partial charge in [-0.2, -0.15) is 0 Å². The lowest BCUT2D eigenvalue weighted by Crippen LogP contribution is -2.37. The minimum atomic E-state index is 0.507. The third kappa shape index (κ3) is 7.30. The molecule has 1 aliphatic carbocycles. The van der Waals surface area contributed by atoms with Gasteiger partial charge in [-0.1, -0.05) is 6.07 Å². The second kappa shape index (κ2) is 10.6. The first-order valence-electron chi connectivity index (χ1n) is 9.46. The Morgan fingerprint density at radius 3 is 2.93 bits per heavy atom. The second-order valence-electron chi connectivity index (χ2n) is 6.60. The number of hydrogen-bond acceptors (Lipinski definition) is 5. The van der Waals surface area contributed by atoms with Crippen LogP contribution >= 0.6 is 0 Å². The predicted molar refractivity (Wildman–Crippen MR) is 104 cm³/mol. The van der Waals surface area contributed by atoms with Gasteiger partial charge in [-0.25, -0.2) is 4.98 Å². The summed E-state index contributed by atoms with van der Waals surface area (Å²) in [5.74, 6) is 3.04. The summed E-state index contributed by atoms with van der Waals surface area (Å²) in [6.45, 7) is 3.39. The van der Waals surface area contributed by atoms with Crippen LogP contribution in [0.3, 0.4) is 0 Å². The molecule has 2 N–H and O–H groups in total. The van der Waals surface area contributed by atoms with E-state index in [1.54, 1.807) is 13.3 Å². The van der Waals surface area contributed by atoms with Crippen molar-refractivity contribution in [2.45, 2.75) is 32.4 Å². The average molecular weight is 372 g/mol. The summed E-state index contributed by atoms with van der Waals surface area (Å²) in [6, 6.07) is 7.72. The Bertz CT molecular complexity index is 682. The molecule has 7 heteroatoms. The van der Waals surface area contributed by atoms with E-state index in [0.717, 1.165) is 42.8 Å². The lowest BCUT2D eigenvalue weighted by Gasteiger charge is -2.12. The highest BCUT2D eigenvalue weighted by Crippen LogP contribution is 2.29. The van der Waals surface area contributed by atoms with Crippen LogP contribution in [0, 0.1) is 5.92 Å². The molecule has 2 aromatic rings. The van der Waals surface area contributed by atoms with Gasteiger partial charge in [-0.15, -0.1) is 0 Å². The van der Waals surface area contributed by atoms with Gasteiger partial charge in [0.2, 0.25) is 5.88 Å². The van der Waals surface area contributed by atoms with Crippen LogP contribution in [0.4, 0.5) is 0 Å². The normalized spacial score (nSPS) is 14.2. The Labute approximate surface area is 160 Å². The van der Waals surface area contributed by atoms with Crippen molar-refractivity contribution in [3.63, 3.8) is 0 Å². The van der Waals surface area contributed by atoms with Crippen LogP contribution in [-0.4, -0.2) is 37.7 Å². The number of guanidine groups is 1. The van der Waals surface area contributed by atoms with Crippen LogP contribution in [-0.2, 0) is 17.9 Å². The smallest absolute Gasteiger partial charge is 0.213 e. The van der Waals surface area contributed by atoms with Crippen LogP contribution < -0.4 is 15.4 Å². The zero-order valence-electron chi connectivity index (χ0n) is 15.8. The molecule has 1 aliphatic rings. The van der Waals surface area contributed by atoms with Gasteiger partial charge in [-0.3, -0.25) is 4.99 Å². The Hall–Kier alpha value is -2.54. The molecule has 0 unspecified atom stereocenters. The van der Waals surface area contributed by atoms with Crippen LogP contribution in [0.25, 0.3) is 0 Å². The highest BCUT2D eigenvalue weighted by molar-refractivity contribution is 5.79. The molecule has 3 rings (SSSR count). The first kappa shape index (κ1) is 19.2. The van der Waals surface area contributed by atoms with Crippen molar-refractivity contribution in [1.82, 2.24) is 15.6 Å². The molecule has 0 spiro atoms. The first-order valence-corrected chi connectivity index (χ1v) is 9.46. The standard InChI is InChI=1S/C20H28N4O3/c1-21-20(22-9-3-10-25-15-18-4-2-11-26-18)24-13-17-7-8-19(23-12-17)27-14-16-5-6-16/h2,4,7-8,11-12,16H,3,5-6,9-10,13-15H2,1H3,(H2,21,22,24). The third-order valence-corrected chi connectivity index (χ3v) is 4.23. The fourth-order valence-electron chi connectivity index (χ4n) is 2.44. The molecule has 0 aliphatic heterocycles. The van der Waals surface area contributed by atoms with Crippen LogP contribution in [0.1, 0.15) is 30.6 Å². The van der Waals surface area contributed by atoms with Crippen molar-refractivity contribution >= 4 is 5.96 Å². The Balaban J connectivity index is 1.26. The maximum atomic E-state index is 5.66. The Kier molecular flexibility index (Phi) is 7.53. The molecular formula is C20H28N4O3. The van der Waals surface area contributed by atoms with E-state index in [-0.39, 0.29) is 0 Å². The van der Waals surface area contributed by atoms with E-state index in [1.807, 2.05) is 30.5 Å². The summed E-state index contributed by atoms with van der Waals surface area (Å²) in [7, 11) is 1.76. The van der Waals surface area contributed by atoms with Gasteiger partial charge in [0, 0.05) is 39.0 Å². The molecular weight excluding hydrogens is 344 g/mol. The van der Waals surface area contributed by atoms with E-state index in [4.69, 9.17) is 13.9 Å². The number of nitrogens with zero attached hydrogens (tertiary/aromatic N) is 2. The van der Waals surface area contributed by atoms with Gasteiger partial charge >= 0.3 is 0 Å². The van der Waals surface area contributed by atoms with Crippen molar-refractivity contribution in [3.8, 4) is 5.88 Å². The average Bonchev–Trinajstić information content (AvgIpc) is 3.39. The summed E-state index contributed by atoms with van der Waals surface area (Å²) < 4.78 is 16.4. The fourth-order valence-corrected chi connectivity index (χ4v) is 2.44. The van der Waals surface area contributed by atoms with Gasteiger partial charge in [0.25, 0.3) is 0 Å². The van der Waals surface area contributed by atoms with Gasteiger partial charge < -0.3 is 24.5 Å². The zero-order valence-corrected chi connectivity index (χ0v) is 15.8. The minimum Gasteiger partial charge on any atom is -0.477 e. The van der Waals surface area contributed by atoms with Crippen molar-refractivity contribution in [1.29, 1.82) is 0 Å². The number of pyridine rings is 1. The molecule has 1 fully saturated rings. The summed E-state index contributed by atoms with van der Waals surface area (Å²) in [4.78, 5) is 8.58. The van der Waals surface area contributed by atoms with E-state index in [1.165, 1.54) is 12.8 Å². The molecule has 146 valence electrons. The van der Waals surface area contributed by atoms with E-state index in [0.29, 0.717) is 25.6 Å². The van der Waals surface area contributed by atoms with Gasteiger partial charge in [-0.05, 0) is 42.9 Å². The van der Waals surface area contributed by atoms with Crippen LogP contribution in [0.2, 0.25) is 0 Å². The number of aromatic nitrogens is 1. The molecule has 2 aromatic heterocycles. The number of furan rings is 1. The van der Waals surface area contributed by atoms with Crippen molar-refractivity contribution in [3.05, 3.63) is 48.0 Å². The van der Waals surface area contributed by atoms with Crippen molar-refractivity contribution < 1.29 is 13.9 Å². The maximum Gasteiger partial charge on any atom is 0.213 e. The zero-order chi connectivity index (χ0) is 18.7. The summed E-state index contributed by atoms with van der Waals surface area (Å²) in [5, 5.41) is 6.56. The lowest BCUT2D eigenvalue weighted by molar-refractivity contribution is 0.105. The van der Waals surface area contributed by atoms with E-state index < -0.39 is 0 Å². The molecule has 0 amide bonds. The monoisotopic (exact) mass is 372 g/mol. The van der Waals surface area contributed by atoms with Gasteiger partial charge in [0.15, 0.2) is 5.96 Å². The molecule has 27 heavy (non-hydrogen) atoms. The first-order chi connectivity index (χ1) is 13.3. The number of aliphatic imine (C=N–C) groups is 1. The molecule has 1 saturated carbocycles. The predicted octanol–water partition coefficient (Wildman–Crippen LogP) is 2.74. The fraction of sp³-hybridized carbons (Fsp3) is 0.500. The second-order valence-corrected chi connectivity index (χ2v) is 6.60. The molecule has 0 aromatic carbocycles. The largest absolute Gasteiger partial charge is 0.477 e. The number of ether oxygens (including phenoxy) is 2. The lowest BCUT2D eigenvalue weighted by atomic mass is 10.3. The number of nitrogens with one attached hydrogen (secondary N) is 2. The summed E-state index contributed by atoms with van der Waals surface area (Å²) in [5.41, 5.74) is 1.08. The van der Waals surface area contributed by atoms with E-state index in [9.17, 15) is 0 Å². The maximum absolute atomic E-state index is 5.66. The highest BCUT2D eigenvalue weighted by atomic mass is 16.5. The van der Waals surface area contributed by atoms with E-state index >= 15 is 0 Å². The Morgan fingerprint density at radius 2 is 2.22 bits per heavy atom. The molecule has 0 atom stereocenters. The quantitative estimate of drug-likeness (QED) is 0.359. The number of rotatable bonds is 11. The van der Waals surface area contributed by atoms with Gasteiger partial charge in [0.05, 0.1) is 12.9 Å². The topological polar surface area (TPSA) is 80.9 Å². The summed E-state index contributed by atoms with van der Waals surface area (Å²) in [6.07, 6.45) is 6.94. The highest BCUT2D eigenvalue weighted by Gasteiger charge is 2.21. The molecule has 0 bridgehead atoms. The van der Waals surface area contributed by atoms with Crippen molar-refractivity contribution in [2.24, 2.45) is 10.9 Å². The SMILES string of the molecule is CN=C(NCCCOCc1ccco1)NCc1ccc(OCC2CC2)nc1. The molecule has 0 saturated heterocycles. The number of hydrogen-bond donors (Lipinski definition) is 2. The molecule has 2 heterocycles. The van der Waals surface area contributed by atoms with Gasteiger partial charge in [0.1, 0.15) is 12.4 Å². The molecule has 0 radical (unpaired) electrons. The third-order valence-electron chi connectivity index (χ3n) is 4.23. The van der Waals surface area contributed by atoms with Crippen LogP contribution in [0.15, 0.2) is 46.1 Å². The van der Waals surface area contributed by atoms with Crippen molar-refractivity contribution in [2.75, 3.05) is 26.8 Å². The minimum absolute atomic E-state index is 0.507. The Morgan fingerprint density at radius 1 is 1.30 bits per heavy atom. The summed E-state index contributed by atoms with van der Waals surface area (Å²) >= 11 is 0. The molecule has 7 nitrogen and oxygen atoms in total.